The fourth-order valence-corrected chi connectivity index (χ4v) is 2.20. The van der Waals surface area contributed by atoms with Gasteiger partial charge in [-0.2, -0.15) is 0 Å². The van der Waals surface area contributed by atoms with Crippen LogP contribution >= 0.6 is 0 Å². The third kappa shape index (κ3) is 2.62. The molecular weight excluding hydrogens is 208 g/mol. The summed E-state index contributed by atoms with van der Waals surface area (Å²) in [5, 5.41) is 0. The molecule has 0 bridgehead atoms. The molecule has 0 aliphatic heterocycles. The first kappa shape index (κ1) is 11.6. The SMILES string of the molecule is C[C@H](C=O)C(c1ccccc1)c1ccccc1. The normalized spacial score (nSPS) is 12.4. The van der Waals surface area contributed by atoms with Crippen LogP contribution in [0.15, 0.2) is 60.7 Å². The Balaban J connectivity index is 2.43. The Hall–Kier alpha value is -1.89. The molecule has 0 aliphatic carbocycles. The average Bonchev–Trinajstić information content (AvgIpc) is 2.41. The number of benzene rings is 2. The number of hydrogen-bond donors (Lipinski definition) is 0. The van der Waals surface area contributed by atoms with Crippen LogP contribution in [0.3, 0.4) is 0 Å². The van der Waals surface area contributed by atoms with E-state index in [-0.39, 0.29) is 11.8 Å². The van der Waals surface area contributed by atoms with Crippen LogP contribution in [0.1, 0.15) is 24.0 Å². The lowest BCUT2D eigenvalue weighted by Crippen LogP contribution is -2.12. The molecule has 0 aliphatic rings. The molecule has 2 rings (SSSR count). The fraction of sp³-hybridized carbons (Fsp3) is 0.188. The summed E-state index contributed by atoms with van der Waals surface area (Å²) in [4.78, 5) is 11.1. The Labute approximate surface area is 102 Å². The van der Waals surface area contributed by atoms with Gasteiger partial charge in [-0.3, -0.25) is 0 Å². The first-order valence-corrected chi connectivity index (χ1v) is 5.88. The molecule has 0 saturated heterocycles. The number of hydrogen-bond acceptors (Lipinski definition) is 1. The van der Waals surface area contributed by atoms with Crippen molar-refractivity contribution >= 4 is 6.29 Å². The van der Waals surface area contributed by atoms with Crippen molar-refractivity contribution in [3.8, 4) is 0 Å². The monoisotopic (exact) mass is 224 g/mol. The number of carbonyl (C=O) groups excluding carboxylic acids is 1. The maximum Gasteiger partial charge on any atom is 0.123 e. The smallest absolute Gasteiger partial charge is 0.123 e. The lowest BCUT2D eigenvalue weighted by Gasteiger charge is -2.20. The van der Waals surface area contributed by atoms with E-state index in [1.165, 1.54) is 11.1 Å². The van der Waals surface area contributed by atoms with E-state index in [0.29, 0.717) is 0 Å². The fourth-order valence-electron chi connectivity index (χ4n) is 2.20. The second-order valence-electron chi connectivity index (χ2n) is 4.29. The van der Waals surface area contributed by atoms with Crippen LogP contribution in [0.2, 0.25) is 0 Å². The second kappa shape index (κ2) is 5.44. The minimum Gasteiger partial charge on any atom is -0.303 e. The zero-order valence-corrected chi connectivity index (χ0v) is 9.91. The molecule has 0 fully saturated rings. The molecule has 1 heteroatoms. The minimum atomic E-state index is -0.0141. The van der Waals surface area contributed by atoms with E-state index in [2.05, 4.69) is 24.3 Å². The van der Waals surface area contributed by atoms with E-state index in [4.69, 9.17) is 0 Å². The predicted octanol–water partition coefficient (Wildman–Crippen LogP) is 3.65. The van der Waals surface area contributed by atoms with Gasteiger partial charge in [-0.25, -0.2) is 0 Å². The summed E-state index contributed by atoms with van der Waals surface area (Å²) in [6.45, 7) is 1.97. The molecule has 2 aromatic rings. The van der Waals surface area contributed by atoms with Crippen LogP contribution in [0, 0.1) is 5.92 Å². The number of rotatable bonds is 4. The van der Waals surface area contributed by atoms with Crippen molar-refractivity contribution < 1.29 is 4.79 Å². The highest BCUT2D eigenvalue weighted by atomic mass is 16.1. The van der Waals surface area contributed by atoms with Gasteiger partial charge in [0, 0.05) is 11.8 Å². The molecule has 0 heterocycles. The van der Waals surface area contributed by atoms with Crippen molar-refractivity contribution in [2.45, 2.75) is 12.8 Å². The van der Waals surface area contributed by atoms with Crippen molar-refractivity contribution in [1.82, 2.24) is 0 Å². The van der Waals surface area contributed by atoms with Gasteiger partial charge in [0.05, 0.1) is 0 Å². The summed E-state index contributed by atoms with van der Waals surface area (Å²) in [6, 6.07) is 20.4. The third-order valence-corrected chi connectivity index (χ3v) is 3.06. The van der Waals surface area contributed by atoms with E-state index in [1.807, 2.05) is 43.3 Å². The Morgan fingerprint density at radius 2 is 1.24 bits per heavy atom. The van der Waals surface area contributed by atoms with Gasteiger partial charge >= 0.3 is 0 Å². The van der Waals surface area contributed by atoms with E-state index in [9.17, 15) is 4.79 Å². The standard InChI is InChI=1S/C16H16O/c1-13(12-17)16(14-8-4-2-5-9-14)15-10-6-3-7-11-15/h2-13,16H,1H3/t13-/m1/s1. The zero-order chi connectivity index (χ0) is 12.1. The number of carbonyl (C=O) groups is 1. The van der Waals surface area contributed by atoms with Crippen LogP contribution in [0.4, 0.5) is 0 Å². The molecule has 1 nitrogen and oxygen atoms in total. The Bertz CT molecular complexity index is 422. The molecule has 1 atom stereocenters. The van der Waals surface area contributed by atoms with Crippen LogP contribution in [0.25, 0.3) is 0 Å². The van der Waals surface area contributed by atoms with Crippen molar-refractivity contribution in [2.24, 2.45) is 5.92 Å². The largest absolute Gasteiger partial charge is 0.303 e. The van der Waals surface area contributed by atoms with Crippen LogP contribution in [-0.4, -0.2) is 6.29 Å². The molecule has 0 saturated carbocycles. The van der Waals surface area contributed by atoms with Crippen LogP contribution in [0.5, 0.6) is 0 Å². The highest BCUT2D eigenvalue weighted by Crippen LogP contribution is 2.30. The molecule has 0 radical (unpaired) electrons. The summed E-state index contributed by atoms with van der Waals surface area (Å²) < 4.78 is 0. The summed E-state index contributed by atoms with van der Waals surface area (Å²) in [6.07, 6.45) is 1.03. The summed E-state index contributed by atoms with van der Waals surface area (Å²) in [7, 11) is 0. The Morgan fingerprint density at radius 1 is 0.824 bits per heavy atom. The molecule has 0 unspecified atom stereocenters. The summed E-state index contributed by atoms with van der Waals surface area (Å²) in [5.41, 5.74) is 2.39. The maximum absolute atomic E-state index is 11.1. The minimum absolute atomic E-state index is 0.0141. The third-order valence-electron chi connectivity index (χ3n) is 3.06. The topological polar surface area (TPSA) is 17.1 Å². The van der Waals surface area contributed by atoms with E-state index >= 15 is 0 Å². The predicted molar refractivity (Wildman–Crippen MR) is 70.0 cm³/mol. The van der Waals surface area contributed by atoms with Gasteiger partial charge in [-0.1, -0.05) is 67.6 Å². The molecule has 0 N–H and O–H groups in total. The lowest BCUT2D eigenvalue weighted by atomic mass is 9.82. The van der Waals surface area contributed by atoms with Crippen molar-refractivity contribution in [2.75, 3.05) is 0 Å². The molecule has 0 aromatic heterocycles. The zero-order valence-electron chi connectivity index (χ0n) is 9.91. The summed E-state index contributed by atoms with van der Waals surface area (Å²) in [5.74, 6) is 0.134. The van der Waals surface area contributed by atoms with Gasteiger partial charge < -0.3 is 4.79 Å². The van der Waals surface area contributed by atoms with Crippen molar-refractivity contribution in [1.29, 1.82) is 0 Å². The Kier molecular flexibility index (Phi) is 3.71. The molecule has 86 valence electrons. The first-order chi connectivity index (χ1) is 8.33. The summed E-state index contributed by atoms with van der Waals surface area (Å²) >= 11 is 0. The first-order valence-electron chi connectivity index (χ1n) is 5.88. The number of aldehydes is 1. The van der Waals surface area contributed by atoms with Gasteiger partial charge in [-0.15, -0.1) is 0 Å². The molecular formula is C16H16O. The van der Waals surface area contributed by atoms with Gasteiger partial charge in [0.2, 0.25) is 0 Å². The quantitative estimate of drug-likeness (QED) is 0.724. The van der Waals surface area contributed by atoms with E-state index in [1.54, 1.807) is 0 Å². The molecule has 0 spiro atoms. The van der Waals surface area contributed by atoms with Gasteiger partial charge in [0.1, 0.15) is 6.29 Å². The maximum atomic E-state index is 11.1. The van der Waals surface area contributed by atoms with E-state index in [0.717, 1.165) is 6.29 Å². The van der Waals surface area contributed by atoms with Crippen molar-refractivity contribution in [3.05, 3.63) is 71.8 Å². The van der Waals surface area contributed by atoms with Gasteiger partial charge in [0.15, 0.2) is 0 Å². The lowest BCUT2D eigenvalue weighted by molar-refractivity contribution is -0.111. The van der Waals surface area contributed by atoms with E-state index < -0.39 is 0 Å². The second-order valence-corrected chi connectivity index (χ2v) is 4.29. The van der Waals surface area contributed by atoms with Gasteiger partial charge in [0.25, 0.3) is 0 Å². The molecule has 17 heavy (non-hydrogen) atoms. The average molecular weight is 224 g/mol. The molecule has 0 amide bonds. The Morgan fingerprint density at radius 3 is 1.59 bits per heavy atom. The highest BCUT2D eigenvalue weighted by Gasteiger charge is 2.20. The molecule has 2 aromatic carbocycles. The van der Waals surface area contributed by atoms with Gasteiger partial charge in [-0.05, 0) is 11.1 Å². The highest BCUT2D eigenvalue weighted by molar-refractivity contribution is 5.57. The van der Waals surface area contributed by atoms with Crippen LogP contribution < -0.4 is 0 Å². The van der Waals surface area contributed by atoms with Crippen LogP contribution in [-0.2, 0) is 4.79 Å². The van der Waals surface area contributed by atoms with Crippen molar-refractivity contribution in [3.63, 3.8) is 0 Å².